The minimum Gasteiger partial charge on any atom is -0.478 e. The van der Waals surface area contributed by atoms with Crippen LogP contribution in [-0.2, 0) is 11.3 Å². The quantitative estimate of drug-likeness (QED) is 0.781. The number of carbonyl (C=O) groups is 1. The Kier molecular flexibility index (Phi) is 7.15. The van der Waals surface area contributed by atoms with Crippen LogP contribution in [0.2, 0.25) is 0 Å². The number of ether oxygens (including phenoxy) is 1. The van der Waals surface area contributed by atoms with Crippen LogP contribution in [0.1, 0.15) is 19.4 Å². The van der Waals surface area contributed by atoms with E-state index in [0.717, 1.165) is 18.7 Å². The zero-order valence-electron chi connectivity index (χ0n) is 12.1. The van der Waals surface area contributed by atoms with Crippen LogP contribution in [0, 0.1) is 11.3 Å². The van der Waals surface area contributed by atoms with Gasteiger partial charge < -0.3 is 15.0 Å². The van der Waals surface area contributed by atoms with Crippen molar-refractivity contribution in [2.24, 2.45) is 0 Å². The number of para-hydroxylation sites is 1. The molecule has 0 bridgehead atoms. The van der Waals surface area contributed by atoms with Gasteiger partial charge in [0.05, 0.1) is 6.54 Å². The van der Waals surface area contributed by atoms with Gasteiger partial charge in [0.25, 0.3) is 0 Å². The van der Waals surface area contributed by atoms with Gasteiger partial charge in [0.1, 0.15) is 11.8 Å². The number of nitriles is 1. The molecule has 0 aliphatic rings. The predicted octanol–water partition coefficient (Wildman–Crippen LogP) is 1.55. The Bertz CT molecular complexity index is 464. The molecule has 0 saturated carbocycles. The van der Waals surface area contributed by atoms with Gasteiger partial charge in [-0.1, -0.05) is 18.2 Å². The summed E-state index contributed by atoms with van der Waals surface area (Å²) in [6, 6.07) is 9.45. The largest absolute Gasteiger partial charge is 0.478 e. The second kappa shape index (κ2) is 8.94. The lowest BCUT2D eigenvalue weighted by molar-refractivity contribution is -0.129. The first-order chi connectivity index (χ1) is 9.72. The van der Waals surface area contributed by atoms with Crippen LogP contribution in [0.25, 0.3) is 0 Å². The SMILES string of the molecule is CCN(CC)C(=O)CNCc1ccccc1OCC#N. The van der Waals surface area contributed by atoms with E-state index in [1.807, 2.05) is 44.2 Å². The fourth-order valence-electron chi connectivity index (χ4n) is 1.89. The van der Waals surface area contributed by atoms with Gasteiger partial charge in [0.2, 0.25) is 5.91 Å². The molecule has 0 atom stereocenters. The highest BCUT2D eigenvalue weighted by atomic mass is 16.5. The Morgan fingerprint density at radius 2 is 2.05 bits per heavy atom. The van der Waals surface area contributed by atoms with Gasteiger partial charge in [0.15, 0.2) is 6.61 Å². The molecule has 0 fully saturated rings. The summed E-state index contributed by atoms with van der Waals surface area (Å²) in [5, 5.41) is 11.7. The number of amides is 1. The van der Waals surface area contributed by atoms with Crippen molar-refractivity contribution in [3.8, 4) is 11.8 Å². The highest BCUT2D eigenvalue weighted by Gasteiger charge is 2.09. The summed E-state index contributed by atoms with van der Waals surface area (Å²) in [4.78, 5) is 13.6. The van der Waals surface area contributed by atoms with Crippen LogP contribution in [0.15, 0.2) is 24.3 Å². The average Bonchev–Trinajstić information content (AvgIpc) is 2.47. The molecule has 0 saturated heterocycles. The number of benzene rings is 1. The van der Waals surface area contributed by atoms with Gasteiger partial charge in [-0.05, 0) is 19.9 Å². The van der Waals surface area contributed by atoms with E-state index in [1.165, 1.54) is 0 Å². The fraction of sp³-hybridized carbons (Fsp3) is 0.467. The lowest BCUT2D eigenvalue weighted by Crippen LogP contribution is -2.37. The summed E-state index contributed by atoms with van der Waals surface area (Å²) < 4.78 is 5.34. The first-order valence-electron chi connectivity index (χ1n) is 6.79. The summed E-state index contributed by atoms with van der Waals surface area (Å²) in [5.41, 5.74) is 0.940. The molecule has 0 unspecified atom stereocenters. The molecule has 5 nitrogen and oxygen atoms in total. The van der Waals surface area contributed by atoms with Crippen LogP contribution in [0.5, 0.6) is 5.75 Å². The highest BCUT2D eigenvalue weighted by molar-refractivity contribution is 5.78. The van der Waals surface area contributed by atoms with Crippen molar-refractivity contribution in [3.05, 3.63) is 29.8 Å². The van der Waals surface area contributed by atoms with Gasteiger partial charge in [-0.3, -0.25) is 4.79 Å². The molecule has 0 spiro atoms. The molecule has 1 aromatic carbocycles. The number of nitrogens with zero attached hydrogens (tertiary/aromatic N) is 2. The van der Waals surface area contributed by atoms with E-state index < -0.39 is 0 Å². The number of carbonyl (C=O) groups excluding carboxylic acids is 1. The molecular weight excluding hydrogens is 254 g/mol. The van der Waals surface area contributed by atoms with Crippen molar-refractivity contribution < 1.29 is 9.53 Å². The highest BCUT2D eigenvalue weighted by Crippen LogP contribution is 2.17. The molecule has 0 aliphatic heterocycles. The zero-order valence-corrected chi connectivity index (χ0v) is 12.1. The van der Waals surface area contributed by atoms with Crippen LogP contribution in [-0.4, -0.2) is 37.0 Å². The topological polar surface area (TPSA) is 65.4 Å². The van der Waals surface area contributed by atoms with Crippen molar-refractivity contribution in [1.82, 2.24) is 10.2 Å². The third-order valence-electron chi connectivity index (χ3n) is 2.97. The van der Waals surface area contributed by atoms with Crippen molar-refractivity contribution in [2.45, 2.75) is 20.4 Å². The van der Waals surface area contributed by atoms with Gasteiger partial charge in [0, 0.05) is 25.2 Å². The Balaban J connectivity index is 2.49. The van der Waals surface area contributed by atoms with Crippen molar-refractivity contribution in [3.63, 3.8) is 0 Å². The standard InChI is InChI=1S/C15H21N3O2/c1-3-18(4-2)15(19)12-17-11-13-7-5-6-8-14(13)20-10-9-16/h5-8,17H,3-4,10-12H2,1-2H3. The van der Waals surface area contributed by atoms with E-state index in [-0.39, 0.29) is 12.5 Å². The van der Waals surface area contributed by atoms with E-state index in [0.29, 0.717) is 18.8 Å². The summed E-state index contributed by atoms with van der Waals surface area (Å²) in [7, 11) is 0. The van der Waals surface area contributed by atoms with Crippen LogP contribution >= 0.6 is 0 Å². The molecule has 1 rings (SSSR count). The first-order valence-corrected chi connectivity index (χ1v) is 6.79. The summed E-state index contributed by atoms with van der Waals surface area (Å²) in [5.74, 6) is 0.766. The van der Waals surface area contributed by atoms with Gasteiger partial charge in [-0.25, -0.2) is 0 Å². The number of hydrogen-bond donors (Lipinski definition) is 1. The molecule has 108 valence electrons. The van der Waals surface area contributed by atoms with Crippen molar-refractivity contribution in [2.75, 3.05) is 26.2 Å². The lowest BCUT2D eigenvalue weighted by Gasteiger charge is -2.19. The Morgan fingerprint density at radius 3 is 2.70 bits per heavy atom. The number of likely N-dealkylation sites (N-methyl/N-ethyl adjacent to an activating group) is 1. The number of rotatable bonds is 8. The molecule has 0 aromatic heterocycles. The zero-order chi connectivity index (χ0) is 14.8. The molecule has 20 heavy (non-hydrogen) atoms. The lowest BCUT2D eigenvalue weighted by atomic mass is 10.2. The Morgan fingerprint density at radius 1 is 1.35 bits per heavy atom. The monoisotopic (exact) mass is 275 g/mol. The maximum atomic E-state index is 11.8. The van der Waals surface area contributed by atoms with E-state index in [2.05, 4.69) is 5.32 Å². The number of hydrogen-bond acceptors (Lipinski definition) is 4. The third-order valence-corrected chi connectivity index (χ3v) is 2.97. The first kappa shape index (κ1) is 16.0. The smallest absolute Gasteiger partial charge is 0.236 e. The van der Waals surface area contributed by atoms with Crippen LogP contribution < -0.4 is 10.1 Å². The maximum Gasteiger partial charge on any atom is 0.236 e. The normalized spacial score (nSPS) is 9.85. The summed E-state index contributed by atoms with van der Waals surface area (Å²) in [6.07, 6.45) is 0. The minimum absolute atomic E-state index is 0.0232. The van der Waals surface area contributed by atoms with Crippen molar-refractivity contribution in [1.29, 1.82) is 5.26 Å². The minimum atomic E-state index is 0.0232. The summed E-state index contributed by atoms with van der Waals surface area (Å²) in [6.45, 7) is 6.23. The van der Waals surface area contributed by atoms with E-state index >= 15 is 0 Å². The second-order valence-electron chi connectivity index (χ2n) is 4.22. The number of nitrogens with one attached hydrogen (secondary N) is 1. The van der Waals surface area contributed by atoms with E-state index in [4.69, 9.17) is 10.00 Å². The molecular formula is C15H21N3O2. The molecule has 1 amide bonds. The van der Waals surface area contributed by atoms with E-state index in [1.54, 1.807) is 4.90 Å². The summed E-state index contributed by atoms with van der Waals surface area (Å²) >= 11 is 0. The molecule has 0 heterocycles. The molecule has 1 N–H and O–H groups in total. The molecule has 0 radical (unpaired) electrons. The van der Waals surface area contributed by atoms with Crippen LogP contribution in [0.3, 0.4) is 0 Å². The van der Waals surface area contributed by atoms with Gasteiger partial charge in [-0.2, -0.15) is 5.26 Å². The molecule has 0 aliphatic carbocycles. The molecule has 5 heteroatoms. The molecule has 1 aromatic rings. The predicted molar refractivity (Wildman–Crippen MR) is 77.2 cm³/mol. The van der Waals surface area contributed by atoms with Crippen LogP contribution in [0.4, 0.5) is 0 Å². The fourth-order valence-corrected chi connectivity index (χ4v) is 1.89. The third kappa shape index (κ3) is 4.90. The Hall–Kier alpha value is -2.06. The van der Waals surface area contributed by atoms with Gasteiger partial charge >= 0.3 is 0 Å². The average molecular weight is 275 g/mol. The van der Waals surface area contributed by atoms with Crippen molar-refractivity contribution >= 4 is 5.91 Å². The Labute approximate surface area is 120 Å². The van der Waals surface area contributed by atoms with Gasteiger partial charge in [-0.15, -0.1) is 0 Å². The van der Waals surface area contributed by atoms with E-state index in [9.17, 15) is 4.79 Å². The maximum absolute atomic E-state index is 11.8. The second-order valence-corrected chi connectivity index (χ2v) is 4.22.